The van der Waals surface area contributed by atoms with Crippen LogP contribution < -0.4 is 10.6 Å². The zero-order valence-electron chi connectivity index (χ0n) is 29.1. The molecule has 0 aromatic carbocycles. The standard InChI is InChI=1S/2C17H31NO3/c2*1-8-13(3)17(20,14(4)9-2)11-10-12-18-15(19)21-16(5,6)7/h2*8-9,20H,10-12H2,1-7H3,(H,18,19)/b13-8+,14-9+;13-8-,14-9+. The Morgan fingerprint density at radius 2 is 0.810 bits per heavy atom. The average molecular weight is 595 g/mol. The third-order valence-corrected chi connectivity index (χ3v) is 7.11. The molecular weight excluding hydrogens is 532 g/mol. The van der Waals surface area contributed by atoms with E-state index in [1.165, 1.54) is 0 Å². The molecule has 1 unspecified atom stereocenters. The van der Waals surface area contributed by atoms with E-state index in [2.05, 4.69) is 10.6 Å². The van der Waals surface area contributed by atoms with Crippen molar-refractivity contribution >= 4 is 12.2 Å². The van der Waals surface area contributed by atoms with Crippen LogP contribution >= 0.6 is 0 Å². The Kier molecular flexibility index (Phi) is 18.7. The molecule has 8 nitrogen and oxygen atoms in total. The Morgan fingerprint density at radius 1 is 0.571 bits per heavy atom. The Bertz CT molecular complexity index is 847. The number of allylic oxidation sites excluding steroid dienone is 4. The second-order valence-corrected chi connectivity index (χ2v) is 12.7. The van der Waals surface area contributed by atoms with Crippen LogP contribution in [0.4, 0.5) is 9.59 Å². The predicted octanol–water partition coefficient (Wildman–Crippen LogP) is 7.91. The van der Waals surface area contributed by atoms with Crippen LogP contribution in [0, 0.1) is 0 Å². The van der Waals surface area contributed by atoms with Crippen molar-refractivity contribution in [2.24, 2.45) is 0 Å². The number of aliphatic hydroxyl groups is 2. The number of rotatable bonds is 12. The predicted molar refractivity (Wildman–Crippen MR) is 175 cm³/mol. The normalized spacial score (nSPS) is 16.4. The zero-order chi connectivity index (χ0) is 33.4. The number of alkyl carbamates (subject to hydrolysis) is 2. The highest BCUT2D eigenvalue weighted by Gasteiger charge is 2.30. The molecule has 0 bridgehead atoms. The van der Waals surface area contributed by atoms with Crippen molar-refractivity contribution in [1.29, 1.82) is 0 Å². The Balaban J connectivity index is 0. The lowest BCUT2D eigenvalue weighted by Gasteiger charge is -2.31. The van der Waals surface area contributed by atoms with Gasteiger partial charge in [-0.2, -0.15) is 0 Å². The van der Waals surface area contributed by atoms with Gasteiger partial charge in [-0.3, -0.25) is 0 Å². The van der Waals surface area contributed by atoms with Gasteiger partial charge in [0.2, 0.25) is 0 Å². The highest BCUT2D eigenvalue weighted by molar-refractivity contribution is 5.67. The summed E-state index contributed by atoms with van der Waals surface area (Å²) in [6, 6.07) is 0. The molecule has 0 spiro atoms. The third-order valence-electron chi connectivity index (χ3n) is 7.11. The molecule has 0 aromatic rings. The topological polar surface area (TPSA) is 117 Å². The summed E-state index contributed by atoms with van der Waals surface area (Å²) in [6.45, 7) is 27.3. The van der Waals surface area contributed by atoms with Gasteiger partial charge in [-0.25, -0.2) is 9.59 Å². The Hall–Kier alpha value is -2.58. The molecule has 0 rings (SSSR count). The number of hydrogen-bond acceptors (Lipinski definition) is 6. The first kappa shape index (κ1) is 41.6. The second-order valence-electron chi connectivity index (χ2n) is 12.7. The van der Waals surface area contributed by atoms with Gasteiger partial charge in [0.25, 0.3) is 0 Å². The fraction of sp³-hybridized carbons (Fsp3) is 0.706. The molecule has 0 aliphatic rings. The summed E-state index contributed by atoms with van der Waals surface area (Å²) in [6.07, 6.45) is 9.33. The van der Waals surface area contributed by atoms with E-state index in [0.29, 0.717) is 38.8 Å². The first-order valence-corrected chi connectivity index (χ1v) is 15.1. The number of nitrogens with one attached hydrogen (secondary N) is 2. The highest BCUT2D eigenvalue weighted by Crippen LogP contribution is 2.31. The molecule has 4 N–H and O–H groups in total. The van der Waals surface area contributed by atoms with Crippen molar-refractivity contribution in [2.75, 3.05) is 13.1 Å². The molecule has 42 heavy (non-hydrogen) atoms. The number of ether oxygens (including phenoxy) is 2. The summed E-state index contributed by atoms with van der Waals surface area (Å²) in [5, 5.41) is 27.1. The van der Waals surface area contributed by atoms with Gasteiger partial charge >= 0.3 is 12.2 Å². The number of hydrogen-bond donors (Lipinski definition) is 4. The number of carbonyl (C=O) groups is 2. The molecular formula is C34H62N2O6. The maximum Gasteiger partial charge on any atom is 0.407 e. The van der Waals surface area contributed by atoms with Crippen molar-refractivity contribution < 1.29 is 29.3 Å². The number of carbonyl (C=O) groups excluding carboxylic acids is 2. The van der Waals surface area contributed by atoms with Crippen LogP contribution in [0.5, 0.6) is 0 Å². The summed E-state index contributed by atoms with van der Waals surface area (Å²) in [5.41, 5.74) is 0.858. The smallest absolute Gasteiger partial charge is 0.407 e. The maximum absolute atomic E-state index is 11.5. The first-order chi connectivity index (χ1) is 19.1. The van der Waals surface area contributed by atoms with E-state index in [1.807, 2.05) is 121 Å². The minimum Gasteiger partial charge on any atom is -0.444 e. The lowest BCUT2D eigenvalue weighted by atomic mass is 9.83. The molecule has 0 saturated carbocycles. The zero-order valence-corrected chi connectivity index (χ0v) is 29.1. The molecule has 0 radical (unpaired) electrons. The fourth-order valence-electron chi connectivity index (χ4n) is 4.06. The quantitative estimate of drug-likeness (QED) is 0.135. The average Bonchev–Trinajstić information content (AvgIpc) is 2.89. The van der Waals surface area contributed by atoms with Crippen molar-refractivity contribution in [3.63, 3.8) is 0 Å². The summed E-state index contributed by atoms with van der Waals surface area (Å²) >= 11 is 0. The molecule has 0 heterocycles. The second kappa shape index (κ2) is 18.9. The van der Waals surface area contributed by atoms with Gasteiger partial charge in [0.1, 0.15) is 22.4 Å². The molecule has 1 atom stereocenters. The van der Waals surface area contributed by atoms with E-state index < -0.39 is 34.6 Å². The van der Waals surface area contributed by atoms with Crippen LogP contribution in [-0.2, 0) is 9.47 Å². The van der Waals surface area contributed by atoms with Crippen LogP contribution in [-0.4, -0.2) is 57.9 Å². The Labute approximate surface area is 256 Å². The van der Waals surface area contributed by atoms with Crippen molar-refractivity contribution in [3.05, 3.63) is 46.6 Å². The molecule has 0 aliphatic heterocycles. The van der Waals surface area contributed by atoms with Gasteiger partial charge in [0.05, 0.1) is 0 Å². The first-order valence-electron chi connectivity index (χ1n) is 15.1. The van der Waals surface area contributed by atoms with E-state index in [1.54, 1.807) is 0 Å². The van der Waals surface area contributed by atoms with E-state index in [9.17, 15) is 19.8 Å². The van der Waals surface area contributed by atoms with E-state index in [0.717, 1.165) is 22.3 Å². The van der Waals surface area contributed by atoms with E-state index in [-0.39, 0.29) is 0 Å². The van der Waals surface area contributed by atoms with Crippen LogP contribution in [0.1, 0.15) is 123 Å². The largest absolute Gasteiger partial charge is 0.444 e. The fourth-order valence-corrected chi connectivity index (χ4v) is 4.06. The maximum atomic E-state index is 11.5. The minimum atomic E-state index is -0.931. The number of amides is 2. The Morgan fingerprint density at radius 3 is 1.00 bits per heavy atom. The van der Waals surface area contributed by atoms with Gasteiger partial charge in [-0.15, -0.1) is 0 Å². The summed E-state index contributed by atoms with van der Waals surface area (Å²) in [7, 11) is 0. The van der Waals surface area contributed by atoms with Crippen LogP contribution in [0.25, 0.3) is 0 Å². The van der Waals surface area contributed by atoms with Crippen molar-refractivity contribution in [1.82, 2.24) is 10.6 Å². The molecule has 0 aliphatic carbocycles. The lowest BCUT2D eigenvalue weighted by Crippen LogP contribution is -2.35. The van der Waals surface area contributed by atoms with Crippen LogP contribution in [0.3, 0.4) is 0 Å². The van der Waals surface area contributed by atoms with Crippen LogP contribution in [0.15, 0.2) is 46.6 Å². The van der Waals surface area contributed by atoms with Gasteiger partial charge in [0.15, 0.2) is 0 Å². The SMILES string of the molecule is C/C=C(/C)C(O)(CCCNC(=O)OC(C)(C)C)/C(C)=C/C.C/C=C(\C)C(O)(CCCNC(=O)OC(C)(C)C)/C(C)=C/C. The summed E-state index contributed by atoms with van der Waals surface area (Å²) < 4.78 is 10.3. The summed E-state index contributed by atoms with van der Waals surface area (Å²) in [4.78, 5) is 23.1. The molecule has 2 amide bonds. The van der Waals surface area contributed by atoms with Gasteiger partial charge in [0, 0.05) is 13.1 Å². The minimum absolute atomic E-state index is 0.420. The van der Waals surface area contributed by atoms with Crippen molar-refractivity contribution in [3.8, 4) is 0 Å². The molecule has 8 heteroatoms. The van der Waals surface area contributed by atoms with Crippen molar-refractivity contribution in [2.45, 2.75) is 145 Å². The van der Waals surface area contributed by atoms with Crippen LogP contribution in [0.2, 0.25) is 0 Å². The molecule has 0 aromatic heterocycles. The summed E-state index contributed by atoms with van der Waals surface area (Å²) in [5.74, 6) is 0. The molecule has 0 fully saturated rings. The third kappa shape index (κ3) is 16.2. The van der Waals surface area contributed by atoms with Gasteiger partial charge in [-0.1, -0.05) is 24.3 Å². The molecule has 0 saturated heterocycles. The monoisotopic (exact) mass is 594 g/mol. The van der Waals surface area contributed by atoms with E-state index >= 15 is 0 Å². The van der Waals surface area contributed by atoms with Gasteiger partial charge in [-0.05, 0) is 145 Å². The molecule has 244 valence electrons. The lowest BCUT2D eigenvalue weighted by molar-refractivity contribution is 0.0508. The van der Waals surface area contributed by atoms with E-state index in [4.69, 9.17) is 9.47 Å². The van der Waals surface area contributed by atoms with Gasteiger partial charge < -0.3 is 30.3 Å². The highest BCUT2D eigenvalue weighted by atomic mass is 16.6.